The van der Waals surface area contributed by atoms with Gasteiger partial charge in [0.25, 0.3) is 11.6 Å². The molecule has 1 aliphatic heterocycles. The van der Waals surface area contributed by atoms with E-state index in [9.17, 15) is 23.7 Å². The molecule has 27 heavy (non-hydrogen) atoms. The van der Waals surface area contributed by atoms with Gasteiger partial charge in [0.2, 0.25) is 0 Å². The number of amides is 1. The lowest BCUT2D eigenvalue weighted by molar-refractivity contribution is -0.384. The molecule has 2 N–H and O–H groups in total. The normalized spacial score (nSPS) is 18.9. The Morgan fingerprint density at radius 3 is 2.67 bits per heavy atom. The van der Waals surface area contributed by atoms with E-state index in [1.54, 1.807) is 0 Å². The van der Waals surface area contributed by atoms with Crippen molar-refractivity contribution in [3.8, 4) is 0 Å². The van der Waals surface area contributed by atoms with Gasteiger partial charge in [-0.05, 0) is 30.2 Å². The van der Waals surface area contributed by atoms with E-state index >= 15 is 0 Å². The second-order valence-electron chi connectivity index (χ2n) is 6.07. The van der Waals surface area contributed by atoms with Gasteiger partial charge in [0, 0.05) is 31.5 Å². The Hall–Kier alpha value is -3.07. The molecule has 1 amide bonds. The highest BCUT2D eigenvalue weighted by Crippen LogP contribution is 2.33. The molecular formula is C18H17F2N3O4. The summed E-state index contributed by atoms with van der Waals surface area (Å²) in [6.45, 7) is 0.392. The summed E-state index contributed by atoms with van der Waals surface area (Å²) in [5.41, 5.74) is 0.761. The molecule has 9 heteroatoms. The fourth-order valence-electron chi connectivity index (χ4n) is 3.05. The fourth-order valence-corrected chi connectivity index (χ4v) is 3.05. The maximum atomic E-state index is 13.6. The smallest absolute Gasteiger partial charge is 0.270 e. The first-order valence-electron chi connectivity index (χ1n) is 8.24. The van der Waals surface area contributed by atoms with Crippen molar-refractivity contribution in [1.29, 1.82) is 0 Å². The van der Waals surface area contributed by atoms with Gasteiger partial charge in [-0.25, -0.2) is 8.78 Å². The maximum absolute atomic E-state index is 13.6. The van der Waals surface area contributed by atoms with Crippen LogP contribution in [0.3, 0.4) is 0 Å². The van der Waals surface area contributed by atoms with Gasteiger partial charge >= 0.3 is 0 Å². The van der Waals surface area contributed by atoms with Crippen LogP contribution >= 0.6 is 0 Å². The molecule has 0 radical (unpaired) electrons. The third kappa shape index (κ3) is 3.87. The van der Waals surface area contributed by atoms with Crippen LogP contribution in [0.15, 0.2) is 36.4 Å². The maximum Gasteiger partial charge on any atom is 0.270 e. The molecule has 0 spiro atoms. The summed E-state index contributed by atoms with van der Waals surface area (Å²) in [5.74, 6) is -2.40. The number of non-ortho nitro benzene ring substituents is 1. The lowest BCUT2D eigenvalue weighted by atomic mass is 10.0. The van der Waals surface area contributed by atoms with Crippen molar-refractivity contribution < 1.29 is 23.2 Å². The summed E-state index contributed by atoms with van der Waals surface area (Å²) in [4.78, 5) is 22.5. The Morgan fingerprint density at radius 2 is 2.00 bits per heavy atom. The summed E-state index contributed by atoms with van der Waals surface area (Å²) in [5, 5.41) is 16.6. The first-order valence-corrected chi connectivity index (χ1v) is 8.24. The van der Waals surface area contributed by atoms with Gasteiger partial charge in [0.05, 0.1) is 16.5 Å². The number of ether oxygens (including phenoxy) is 1. The first-order chi connectivity index (χ1) is 12.9. The van der Waals surface area contributed by atoms with Crippen LogP contribution < -0.4 is 10.6 Å². The number of hydrogen-bond acceptors (Lipinski definition) is 5. The summed E-state index contributed by atoms with van der Waals surface area (Å²) in [6.07, 6.45) is 0.0150. The predicted molar refractivity (Wildman–Crippen MR) is 93.6 cm³/mol. The lowest BCUT2D eigenvalue weighted by Gasteiger charge is -2.22. The molecule has 0 aromatic heterocycles. The number of carbonyl (C=O) groups is 1. The highest BCUT2D eigenvalue weighted by Gasteiger charge is 2.31. The topological polar surface area (TPSA) is 93.5 Å². The molecule has 1 fully saturated rings. The van der Waals surface area contributed by atoms with E-state index in [2.05, 4.69) is 10.6 Å². The molecule has 0 bridgehead atoms. The van der Waals surface area contributed by atoms with Crippen molar-refractivity contribution >= 4 is 17.3 Å². The Bertz CT molecular complexity index is 891. The van der Waals surface area contributed by atoms with E-state index in [-0.39, 0.29) is 17.3 Å². The quantitative estimate of drug-likeness (QED) is 0.617. The van der Waals surface area contributed by atoms with Crippen LogP contribution in [0.4, 0.5) is 20.2 Å². The van der Waals surface area contributed by atoms with Gasteiger partial charge in [-0.1, -0.05) is 6.07 Å². The average molecular weight is 377 g/mol. The van der Waals surface area contributed by atoms with E-state index in [1.165, 1.54) is 31.3 Å². The molecule has 142 valence electrons. The zero-order valence-electron chi connectivity index (χ0n) is 14.4. The molecule has 3 rings (SSSR count). The third-order valence-corrected chi connectivity index (χ3v) is 4.39. The van der Waals surface area contributed by atoms with E-state index in [1.807, 2.05) is 0 Å². The molecule has 0 saturated carbocycles. The Kier molecular flexibility index (Phi) is 5.31. The van der Waals surface area contributed by atoms with E-state index in [4.69, 9.17) is 4.74 Å². The number of nitro benzene ring substituents is 1. The molecule has 0 aliphatic carbocycles. The summed E-state index contributed by atoms with van der Waals surface area (Å²) in [7, 11) is 1.42. The molecular weight excluding hydrogens is 360 g/mol. The van der Waals surface area contributed by atoms with Crippen molar-refractivity contribution in [3.63, 3.8) is 0 Å². The highest BCUT2D eigenvalue weighted by atomic mass is 19.2. The largest absolute Gasteiger partial charge is 0.379 e. The van der Waals surface area contributed by atoms with Crippen molar-refractivity contribution in [2.24, 2.45) is 0 Å². The van der Waals surface area contributed by atoms with Gasteiger partial charge in [0.15, 0.2) is 11.6 Å². The summed E-state index contributed by atoms with van der Waals surface area (Å²) in [6, 6.07) is 7.16. The molecule has 2 unspecified atom stereocenters. The number of nitrogens with one attached hydrogen (secondary N) is 2. The van der Waals surface area contributed by atoms with Gasteiger partial charge in [-0.15, -0.1) is 0 Å². The number of benzene rings is 2. The van der Waals surface area contributed by atoms with Crippen LogP contribution in [0.1, 0.15) is 28.4 Å². The number of nitro groups is 1. The second kappa shape index (κ2) is 7.67. The first kappa shape index (κ1) is 18.7. The van der Waals surface area contributed by atoms with Crippen molar-refractivity contribution in [2.75, 3.05) is 19.0 Å². The fraction of sp³-hybridized carbons (Fsp3) is 0.278. The monoisotopic (exact) mass is 377 g/mol. The molecule has 2 aromatic carbocycles. The third-order valence-electron chi connectivity index (χ3n) is 4.39. The Labute approximate surface area is 153 Å². The lowest BCUT2D eigenvalue weighted by Crippen LogP contribution is -2.26. The van der Waals surface area contributed by atoms with Gasteiger partial charge < -0.3 is 15.4 Å². The summed E-state index contributed by atoms with van der Waals surface area (Å²) >= 11 is 0. The number of halogens is 2. The predicted octanol–water partition coefficient (Wildman–Crippen LogP) is 3.17. The van der Waals surface area contributed by atoms with Crippen LogP contribution in [0.5, 0.6) is 0 Å². The minimum atomic E-state index is -0.969. The van der Waals surface area contributed by atoms with Crippen molar-refractivity contribution in [1.82, 2.24) is 5.32 Å². The van der Waals surface area contributed by atoms with E-state index in [0.29, 0.717) is 24.3 Å². The van der Waals surface area contributed by atoms with E-state index in [0.717, 1.165) is 12.1 Å². The van der Waals surface area contributed by atoms with Gasteiger partial charge in [0.1, 0.15) is 6.10 Å². The number of carbonyl (C=O) groups excluding carboxylic acids is 1. The van der Waals surface area contributed by atoms with Crippen LogP contribution in [-0.2, 0) is 4.74 Å². The summed E-state index contributed by atoms with van der Waals surface area (Å²) < 4.78 is 32.4. The van der Waals surface area contributed by atoms with Crippen LogP contribution in [-0.4, -0.2) is 30.5 Å². The van der Waals surface area contributed by atoms with Gasteiger partial charge in [-0.3, -0.25) is 14.9 Å². The number of hydrogen-bond donors (Lipinski definition) is 2. The number of anilines is 1. The minimum absolute atomic E-state index is 0.114. The van der Waals surface area contributed by atoms with Crippen molar-refractivity contribution in [2.45, 2.75) is 18.6 Å². The second-order valence-corrected chi connectivity index (χ2v) is 6.07. The number of nitrogens with zero attached hydrogens (tertiary/aromatic N) is 1. The van der Waals surface area contributed by atoms with Crippen molar-refractivity contribution in [3.05, 3.63) is 69.3 Å². The Morgan fingerprint density at radius 1 is 1.22 bits per heavy atom. The molecule has 2 atom stereocenters. The van der Waals surface area contributed by atoms with Crippen LogP contribution in [0, 0.1) is 21.7 Å². The molecule has 1 aliphatic rings. The average Bonchev–Trinajstić information content (AvgIpc) is 3.11. The highest BCUT2D eigenvalue weighted by molar-refractivity contribution is 6.00. The Balaban J connectivity index is 1.90. The minimum Gasteiger partial charge on any atom is -0.379 e. The SMILES string of the molecule is CNC(=O)c1cc([N+](=O)[O-])ccc1NC1CCOC1c1ccc(F)c(F)c1. The van der Waals surface area contributed by atoms with Crippen LogP contribution in [0.25, 0.3) is 0 Å². The zero-order valence-corrected chi connectivity index (χ0v) is 14.4. The molecule has 7 nitrogen and oxygen atoms in total. The molecule has 1 saturated heterocycles. The van der Waals surface area contributed by atoms with E-state index < -0.39 is 28.6 Å². The van der Waals surface area contributed by atoms with Crippen LogP contribution in [0.2, 0.25) is 0 Å². The van der Waals surface area contributed by atoms with Gasteiger partial charge in [-0.2, -0.15) is 0 Å². The molecule has 2 aromatic rings. The number of rotatable bonds is 5. The molecule has 1 heterocycles. The standard InChI is InChI=1S/C18H17F2N3O4/c1-21-18(24)12-9-11(23(25)26)3-5-15(12)22-16-6-7-27-17(16)10-2-4-13(19)14(20)8-10/h2-5,8-9,16-17,22H,6-7H2,1H3,(H,21,24). The zero-order chi connectivity index (χ0) is 19.6.